The molecule has 8 heteroatoms. The molecule has 0 aliphatic heterocycles. The van der Waals surface area contributed by atoms with Crippen molar-refractivity contribution in [2.24, 2.45) is 7.05 Å². The molecule has 2 heterocycles. The average molecular weight is 370 g/mol. The molecule has 1 unspecified atom stereocenters. The van der Waals surface area contributed by atoms with E-state index in [1.54, 1.807) is 4.68 Å². The fourth-order valence-electron chi connectivity index (χ4n) is 1.75. The second kappa shape index (κ2) is 5.88. The summed E-state index contributed by atoms with van der Waals surface area (Å²) in [7, 11) is 1.85. The van der Waals surface area contributed by atoms with Crippen LogP contribution >= 0.6 is 50.5 Å². The highest BCUT2D eigenvalue weighted by Gasteiger charge is 2.24. The van der Waals surface area contributed by atoms with Gasteiger partial charge in [-0.2, -0.15) is 0 Å². The molecule has 0 saturated heterocycles. The zero-order valence-corrected chi connectivity index (χ0v) is 13.7. The fourth-order valence-corrected chi connectivity index (χ4v) is 3.84. The number of aromatic nitrogens is 3. The van der Waals surface area contributed by atoms with Gasteiger partial charge in [0.05, 0.1) is 20.4 Å². The van der Waals surface area contributed by atoms with E-state index in [9.17, 15) is 0 Å². The molecule has 0 spiro atoms. The van der Waals surface area contributed by atoms with Gasteiger partial charge >= 0.3 is 0 Å². The molecule has 0 aliphatic carbocycles. The van der Waals surface area contributed by atoms with Crippen molar-refractivity contribution in [3.8, 4) is 0 Å². The molecule has 0 aliphatic rings. The van der Waals surface area contributed by atoms with E-state index >= 15 is 0 Å². The molecule has 0 saturated carbocycles. The molecule has 0 aromatic carbocycles. The maximum absolute atomic E-state index is 6.23. The van der Waals surface area contributed by atoms with Crippen LogP contribution in [0.2, 0.25) is 8.67 Å². The van der Waals surface area contributed by atoms with Crippen LogP contribution in [0.4, 0.5) is 0 Å². The Kier molecular flexibility index (Phi) is 4.66. The van der Waals surface area contributed by atoms with Crippen molar-refractivity contribution in [3.63, 3.8) is 0 Å². The first kappa shape index (κ1) is 14.3. The van der Waals surface area contributed by atoms with Gasteiger partial charge < -0.3 is 5.32 Å². The first-order chi connectivity index (χ1) is 8.54. The van der Waals surface area contributed by atoms with Gasteiger partial charge in [0, 0.05) is 12.6 Å². The van der Waals surface area contributed by atoms with Crippen LogP contribution in [0, 0.1) is 0 Å². The number of hydrogen-bond donors (Lipinski definition) is 1. The van der Waals surface area contributed by atoms with Crippen molar-refractivity contribution < 1.29 is 0 Å². The highest BCUT2D eigenvalue weighted by Crippen LogP contribution is 2.38. The van der Waals surface area contributed by atoms with E-state index in [1.807, 2.05) is 20.0 Å². The monoisotopic (exact) mass is 368 g/mol. The number of thiophene rings is 1. The zero-order valence-electron chi connectivity index (χ0n) is 9.75. The van der Waals surface area contributed by atoms with Crippen LogP contribution in [0.5, 0.6) is 0 Å². The highest BCUT2D eigenvalue weighted by atomic mass is 79.9. The van der Waals surface area contributed by atoms with E-state index in [0.717, 1.165) is 17.8 Å². The van der Waals surface area contributed by atoms with Gasteiger partial charge in [0.25, 0.3) is 0 Å². The van der Waals surface area contributed by atoms with Gasteiger partial charge in [0.1, 0.15) is 0 Å². The molecule has 0 amide bonds. The van der Waals surface area contributed by atoms with Gasteiger partial charge in [-0.1, -0.05) is 35.3 Å². The van der Waals surface area contributed by atoms with Crippen LogP contribution in [-0.2, 0) is 7.05 Å². The summed E-state index contributed by atoms with van der Waals surface area (Å²) in [5.41, 5.74) is 1.87. The number of aryl methyl sites for hydroxylation is 1. The SMILES string of the molecule is CCNC(c1cc(Cl)sc1Cl)c1c(Br)nnn1C. The summed E-state index contributed by atoms with van der Waals surface area (Å²) in [5, 5.41) is 11.4. The molecule has 0 bridgehead atoms. The lowest BCUT2D eigenvalue weighted by Crippen LogP contribution is -2.24. The minimum Gasteiger partial charge on any atom is -0.305 e. The lowest BCUT2D eigenvalue weighted by molar-refractivity contribution is 0.568. The minimum atomic E-state index is -0.0828. The third kappa shape index (κ3) is 2.72. The predicted molar refractivity (Wildman–Crippen MR) is 78.6 cm³/mol. The summed E-state index contributed by atoms with van der Waals surface area (Å²) in [4.78, 5) is 0. The standard InChI is InChI=1S/C10H11BrCl2N4S/c1-3-14-7(5-4-6(12)18-10(5)13)8-9(11)15-16-17(8)2/h4,7,14H,3H2,1-2H3. The Morgan fingerprint density at radius 1 is 1.56 bits per heavy atom. The third-order valence-electron chi connectivity index (χ3n) is 2.50. The van der Waals surface area contributed by atoms with E-state index in [4.69, 9.17) is 23.2 Å². The fraction of sp³-hybridized carbons (Fsp3) is 0.400. The predicted octanol–water partition coefficient (Wildman–Crippen LogP) is 3.64. The van der Waals surface area contributed by atoms with E-state index in [0.29, 0.717) is 13.3 Å². The number of halogens is 3. The van der Waals surface area contributed by atoms with Crippen LogP contribution < -0.4 is 5.32 Å². The van der Waals surface area contributed by atoms with Gasteiger partial charge in [-0.3, -0.25) is 0 Å². The molecule has 0 fully saturated rings. The summed E-state index contributed by atoms with van der Waals surface area (Å²) in [6, 6.07) is 1.79. The number of nitrogens with one attached hydrogen (secondary N) is 1. The number of nitrogens with zero attached hydrogens (tertiary/aromatic N) is 3. The van der Waals surface area contributed by atoms with Crippen molar-refractivity contribution in [1.82, 2.24) is 20.3 Å². The largest absolute Gasteiger partial charge is 0.305 e. The average Bonchev–Trinajstić information content (AvgIpc) is 2.80. The molecule has 2 aromatic heterocycles. The third-order valence-corrected chi connectivity index (χ3v) is 4.59. The van der Waals surface area contributed by atoms with Gasteiger partial charge in [0.2, 0.25) is 0 Å². The summed E-state index contributed by atoms with van der Waals surface area (Å²) in [5.74, 6) is 0. The lowest BCUT2D eigenvalue weighted by Gasteiger charge is -2.17. The van der Waals surface area contributed by atoms with E-state index in [1.165, 1.54) is 11.3 Å². The van der Waals surface area contributed by atoms with Crippen LogP contribution in [-0.4, -0.2) is 21.5 Å². The Morgan fingerprint density at radius 3 is 2.72 bits per heavy atom. The molecule has 0 radical (unpaired) electrons. The maximum atomic E-state index is 6.23. The zero-order chi connectivity index (χ0) is 13.3. The van der Waals surface area contributed by atoms with Crippen LogP contribution in [0.1, 0.15) is 24.2 Å². The van der Waals surface area contributed by atoms with Gasteiger partial charge in [-0.15, -0.1) is 16.4 Å². The second-order valence-corrected chi connectivity index (χ2v) is 6.70. The first-order valence-corrected chi connectivity index (χ1v) is 7.64. The second-order valence-electron chi connectivity index (χ2n) is 3.66. The van der Waals surface area contributed by atoms with Crippen molar-refractivity contribution in [3.05, 3.63) is 30.6 Å². The van der Waals surface area contributed by atoms with Gasteiger partial charge in [-0.05, 0) is 28.5 Å². The summed E-state index contributed by atoms with van der Waals surface area (Å²) < 4.78 is 3.77. The first-order valence-electron chi connectivity index (χ1n) is 5.27. The highest BCUT2D eigenvalue weighted by molar-refractivity contribution is 9.10. The Hall–Kier alpha value is -0.140. The molecule has 4 nitrogen and oxygen atoms in total. The molecule has 2 rings (SSSR count). The van der Waals surface area contributed by atoms with E-state index in [2.05, 4.69) is 31.6 Å². The lowest BCUT2D eigenvalue weighted by atomic mass is 10.1. The van der Waals surface area contributed by atoms with E-state index in [-0.39, 0.29) is 6.04 Å². The summed E-state index contributed by atoms with van der Waals surface area (Å²) in [6.07, 6.45) is 0. The van der Waals surface area contributed by atoms with E-state index < -0.39 is 0 Å². The van der Waals surface area contributed by atoms with Crippen molar-refractivity contribution in [1.29, 1.82) is 0 Å². The molecule has 1 atom stereocenters. The smallest absolute Gasteiger partial charge is 0.153 e. The Labute approximate surface area is 127 Å². The van der Waals surface area contributed by atoms with Crippen molar-refractivity contribution >= 4 is 50.5 Å². The molecular weight excluding hydrogens is 359 g/mol. The van der Waals surface area contributed by atoms with Crippen molar-refractivity contribution in [2.45, 2.75) is 13.0 Å². The Bertz CT molecular complexity index is 535. The van der Waals surface area contributed by atoms with Crippen molar-refractivity contribution in [2.75, 3.05) is 6.54 Å². The molecule has 18 heavy (non-hydrogen) atoms. The summed E-state index contributed by atoms with van der Waals surface area (Å²) in [6.45, 7) is 2.83. The maximum Gasteiger partial charge on any atom is 0.153 e. The Balaban J connectivity index is 2.49. The topological polar surface area (TPSA) is 42.7 Å². The normalized spacial score (nSPS) is 12.9. The summed E-state index contributed by atoms with van der Waals surface area (Å²) >= 11 is 17.0. The van der Waals surface area contributed by atoms with Gasteiger partial charge in [0.15, 0.2) is 4.60 Å². The number of hydrogen-bond acceptors (Lipinski definition) is 4. The Morgan fingerprint density at radius 2 is 2.28 bits per heavy atom. The van der Waals surface area contributed by atoms with Crippen LogP contribution in [0.3, 0.4) is 0 Å². The quantitative estimate of drug-likeness (QED) is 0.894. The molecule has 98 valence electrons. The number of rotatable bonds is 4. The minimum absolute atomic E-state index is 0.0828. The molecular formula is C10H11BrCl2N4S. The van der Waals surface area contributed by atoms with Crippen LogP contribution in [0.15, 0.2) is 10.7 Å². The molecule has 1 N–H and O–H groups in total. The molecule has 2 aromatic rings. The van der Waals surface area contributed by atoms with Gasteiger partial charge in [-0.25, -0.2) is 4.68 Å². The van der Waals surface area contributed by atoms with Crippen LogP contribution in [0.25, 0.3) is 0 Å².